The Kier molecular flexibility index (Phi) is 6.23. The van der Waals surface area contributed by atoms with Crippen LogP contribution in [0.4, 0.5) is 13.2 Å². The summed E-state index contributed by atoms with van der Waals surface area (Å²) in [6, 6.07) is 21.3. The lowest BCUT2D eigenvalue weighted by Crippen LogP contribution is -2.06. The van der Waals surface area contributed by atoms with Gasteiger partial charge in [-0.2, -0.15) is 13.2 Å². The van der Waals surface area contributed by atoms with Crippen LogP contribution in [0.25, 0.3) is 0 Å². The number of hydrogen-bond acceptors (Lipinski definition) is 0. The zero-order valence-corrected chi connectivity index (χ0v) is 16.3. The lowest BCUT2D eigenvalue weighted by atomic mass is 9.97. The molecular formula is C25H25F3. The Labute approximate surface area is 165 Å². The van der Waals surface area contributed by atoms with Crippen LogP contribution in [0.15, 0.2) is 66.7 Å². The van der Waals surface area contributed by atoms with Crippen molar-refractivity contribution in [3.63, 3.8) is 0 Å². The second kappa shape index (κ2) is 8.64. The molecule has 0 unspecified atom stereocenters. The molecule has 0 spiro atoms. The molecule has 0 saturated carbocycles. The second-order valence-electron chi connectivity index (χ2n) is 7.51. The normalized spacial score (nSPS) is 11.6. The van der Waals surface area contributed by atoms with Gasteiger partial charge in [0.2, 0.25) is 0 Å². The third-order valence-corrected chi connectivity index (χ3v) is 4.98. The average molecular weight is 382 g/mol. The lowest BCUT2D eigenvalue weighted by molar-refractivity contribution is -0.137. The quantitative estimate of drug-likeness (QED) is 0.435. The summed E-state index contributed by atoms with van der Waals surface area (Å²) in [5.74, 6) is 0. The Balaban J connectivity index is 1.63. The van der Waals surface area contributed by atoms with Crippen LogP contribution >= 0.6 is 0 Å². The molecule has 146 valence electrons. The molecule has 0 saturated heterocycles. The molecule has 0 bridgehead atoms. The number of halogens is 3. The summed E-state index contributed by atoms with van der Waals surface area (Å²) in [5.41, 5.74) is 5.82. The smallest absolute Gasteiger partial charge is 0.166 e. The van der Waals surface area contributed by atoms with Crippen molar-refractivity contribution in [2.24, 2.45) is 0 Å². The minimum Gasteiger partial charge on any atom is -0.166 e. The van der Waals surface area contributed by atoms with Gasteiger partial charge in [0, 0.05) is 0 Å². The Bertz CT molecular complexity index is 921. The van der Waals surface area contributed by atoms with Gasteiger partial charge in [-0.1, -0.05) is 65.7 Å². The van der Waals surface area contributed by atoms with E-state index in [9.17, 15) is 13.2 Å². The van der Waals surface area contributed by atoms with E-state index >= 15 is 0 Å². The number of rotatable bonds is 6. The monoisotopic (exact) mass is 382 g/mol. The molecule has 0 fully saturated rings. The van der Waals surface area contributed by atoms with E-state index < -0.39 is 11.7 Å². The van der Waals surface area contributed by atoms with Gasteiger partial charge in [0.15, 0.2) is 0 Å². The van der Waals surface area contributed by atoms with Crippen LogP contribution < -0.4 is 0 Å². The molecule has 0 aliphatic rings. The summed E-state index contributed by atoms with van der Waals surface area (Å²) in [7, 11) is 0. The van der Waals surface area contributed by atoms with Crippen molar-refractivity contribution < 1.29 is 13.2 Å². The molecule has 0 aliphatic heterocycles. The van der Waals surface area contributed by atoms with Gasteiger partial charge in [-0.3, -0.25) is 0 Å². The summed E-state index contributed by atoms with van der Waals surface area (Å²) < 4.78 is 39.0. The molecule has 0 aliphatic carbocycles. The Morgan fingerprint density at radius 1 is 0.571 bits per heavy atom. The maximum Gasteiger partial charge on any atom is 0.416 e. The summed E-state index contributed by atoms with van der Waals surface area (Å²) >= 11 is 0. The van der Waals surface area contributed by atoms with Crippen LogP contribution in [0.1, 0.15) is 38.9 Å². The van der Waals surface area contributed by atoms with Gasteiger partial charge in [-0.05, 0) is 73.9 Å². The van der Waals surface area contributed by atoms with E-state index in [-0.39, 0.29) is 0 Å². The topological polar surface area (TPSA) is 0 Å². The number of aryl methyl sites for hydroxylation is 6. The molecule has 0 aromatic heterocycles. The zero-order valence-electron chi connectivity index (χ0n) is 16.3. The van der Waals surface area contributed by atoms with E-state index in [0.29, 0.717) is 12.0 Å². The molecule has 3 rings (SSSR count). The molecule has 3 heteroatoms. The molecule has 3 aromatic carbocycles. The maximum absolute atomic E-state index is 13.0. The summed E-state index contributed by atoms with van der Waals surface area (Å²) in [6.07, 6.45) is -1.02. The van der Waals surface area contributed by atoms with Crippen LogP contribution in [0.3, 0.4) is 0 Å². The number of benzene rings is 3. The molecule has 3 aromatic rings. The minimum absolute atomic E-state index is 0.561. The van der Waals surface area contributed by atoms with Crippen LogP contribution in [0.5, 0.6) is 0 Å². The Morgan fingerprint density at radius 2 is 1.14 bits per heavy atom. The first-order valence-electron chi connectivity index (χ1n) is 9.61. The van der Waals surface area contributed by atoms with Crippen LogP contribution in [-0.4, -0.2) is 0 Å². The molecule has 0 heterocycles. The molecular weight excluding hydrogens is 357 g/mol. The summed E-state index contributed by atoms with van der Waals surface area (Å²) in [5, 5.41) is 0. The Hall–Kier alpha value is -2.55. The van der Waals surface area contributed by atoms with E-state index in [2.05, 4.69) is 49.4 Å². The van der Waals surface area contributed by atoms with E-state index in [1.54, 1.807) is 6.92 Å². The highest BCUT2D eigenvalue weighted by Crippen LogP contribution is 2.31. The van der Waals surface area contributed by atoms with Crippen molar-refractivity contribution in [3.8, 4) is 0 Å². The van der Waals surface area contributed by atoms with Gasteiger partial charge in [0.25, 0.3) is 0 Å². The fraction of sp³-hybridized carbons (Fsp3) is 0.280. The first-order chi connectivity index (χ1) is 13.3. The predicted molar refractivity (Wildman–Crippen MR) is 109 cm³/mol. The van der Waals surface area contributed by atoms with Crippen LogP contribution in [-0.2, 0) is 31.9 Å². The van der Waals surface area contributed by atoms with Gasteiger partial charge in [0.1, 0.15) is 0 Å². The molecule has 0 N–H and O–H groups in total. The molecule has 0 atom stereocenters. The van der Waals surface area contributed by atoms with E-state index in [1.807, 2.05) is 12.1 Å². The third-order valence-electron chi connectivity index (χ3n) is 4.98. The average Bonchev–Trinajstić information content (AvgIpc) is 2.65. The molecule has 0 amide bonds. The fourth-order valence-electron chi connectivity index (χ4n) is 3.44. The molecule has 0 radical (unpaired) electrons. The summed E-state index contributed by atoms with van der Waals surface area (Å²) in [6.45, 7) is 3.80. The van der Waals surface area contributed by atoms with Crippen molar-refractivity contribution in [1.29, 1.82) is 0 Å². The van der Waals surface area contributed by atoms with Crippen molar-refractivity contribution in [2.45, 2.75) is 45.7 Å². The van der Waals surface area contributed by atoms with Crippen molar-refractivity contribution in [1.82, 2.24) is 0 Å². The highest BCUT2D eigenvalue weighted by atomic mass is 19.4. The number of alkyl halides is 3. The largest absolute Gasteiger partial charge is 0.416 e. The van der Waals surface area contributed by atoms with Gasteiger partial charge >= 0.3 is 6.18 Å². The maximum atomic E-state index is 13.0. The molecule has 28 heavy (non-hydrogen) atoms. The SMILES string of the molecule is Cc1ccc(CCc2cccc(CCc3cc(C)cc(C(F)(F)F)c3)c2)cc1. The van der Waals surface area contributed by atoms with E-state index in [4.69, 9.17) is 0 Å². The minimum atomic E-state index is -4.29. The van der Waals surface area contributed by atoms with Crippen LogP contribution in [0, 0.1) is 13.8 Å². The van der Waals surface area contributed by atoms with Gasteiger partial charge in [-0.15, -0.1) is 0 Å². The standard InChI is InChI=1S/C25H25F3/c1-18-6-8-20(9-7-18)10-11-21-4-3-5-22(16-21)12-13-23-14-19(2)15-24(17-23)25(26,27)28/h3-9,14-17H,10-13H2,1-2H3. The predicted octanol–water partition coefficient (Wildman–Crippen LogP) is 6.89. The summed E-state index contributed by atoms with van der Waals surface area (Å²) in [4.78, 5) is 0. The van der Waals surface area contributed by atoms with Gasteiger partial charge in [-0.25, -0.2) is 0 Å². The van der Waals surface area contributed by atoms with Gasteiger partial charge < -0.3 is 0 Å². The van der Waals surface area contributed by atoms with Crippen molar-refractivity contribution >= 4 is 0 Å². The lowest BCUT2D eigenvalue weighted by Gasteiger charge is -2.11. The van der Waals surface area contributed by atoms with Crippen molar-refractivity contribution in [2.75, 3.05) is 0 Å². The van der Waals surface area contributed by atoms with Crippen molar-refractivity contribution in [3.05, 3.63) is 106 Å². The highest BCUT2D eigenvalue weighted by Gasteiger charge is 2.30. The first kappa shape index (κ1) is 20.2. The van der Waals surface area contributed by atoms with Crippen LogP contribution in [0.2, 0.25) is 0 Å². The third kappa shape index (κ3) is 5.72. The first-order valence-corrected chi connectivity index (χ1v) is 9.61. The fourth-order valence-corrected chi connectivity index (χ4v) is 3.44. The Morgan fingerprint density at radius 3 is 1.75 bits per heavy atom. The van der Waals surface area contributed by atoms with Gasteiger partial charge in [0.05, 0.1) is 5.56 Å². The number of hydrogen-bond donors (Lipinski definition) is 0. The van der Waals surface area contributed by atoms with E-state index in [0.717, 1.165) is 30.4 Å². The second-order valence-corrected chi connectivity index (χ2v) is 7.51. The van der Waals surface area contributed by atoms with E-state index in [1.165, 1.54) is 28.8 Å². The molecule has 0 nitrogen and oxygen atoms in total. The zero-order chi connectivity index (χ0) is 20.1. The highest BCUT2D eigenvalue weighted by molar-refractivity contribution is 5.33.